The van der Waals surface area contributed by atoms with Crippen LogP contribution < -0.4 is 10.6 Å². The second-order valence-corrected chi connectivity index (χ2v) is 16.8. The van der Waals surface area contributed by atoms with Gasteiger partial charge in [0.25, 0.3) is 0 Å². The monoisotopic (exact) mass is 500 g/mol. The van der Waals surface area contributed by atoms with E-state index in [1.54, 1.807) is 27.7 Å². The summed E-state index contributed by atoms with van der Waals surface area (Å²) in [4.78, 5) is 49.9. The molecule has 10 nitrogen and oxygen atoms in total. The van der Waals surface area contributed by atoms with Crippen LogP contribution in [0.4, 0.5) is 4.79 Å². The molecule has 4 N–H and O–H groups in total. The van der Waals surface area contributed by atoms with Crippen molar-refractivity contribution >= 4 is 32.3 Å². The fraction of sp³-hybridized carbons (Fsp3) is 0.826. The summed E-state index contributed by atoms with van der Waals surface area (Å²) in [6.45, 7) is 16.9. The summed E-state index contributed by atoms with van der Waals surface area (Å²) in [7, 11) is -2.36. The summed E-state index contributed by atoms with van der Waals surface area (Å²) >= 11 is 0. The first-order chi connectivity index (χ1) is 15.2. The van der Waals surface area contributed by atoms with E-state index < -0.39 is 67.4 Å². The molecular formula is C23H40N2O8Si. The largest absolute Gasteiger partial charge is 0.481 e. The van der Waals surface area contributed by atoms with E-state index in [1.807, 2.05) is 33.9 Å². The molecule has 11 heteroatoms. The fourth-order valence-corrected chi connectivity index (χ4v) is 6.01. The van der Waals surface area contributed by atoms with Crippen molar-refractivity contribution in [3.63, 3.8) is 0 Å². The molecule has 6 atom stereocenters. The Morgan fingerprint density at radius 3 is 2.03 bits per heavy atom. The van der Waals surface area contributed by atoms with E-state index in [-0.39, 0.29) is 17.4 Å². The van der Waals surface area contributed by atoms with E-state index >= 15 is 0 Å². The smallest absolute Gasteiger partial charge is 0.408 e. The number of nitrogens with one attached hydrogen (secondary N) is 2. The van der Waals surface area contributed by atoms with E-state index in [0.717, 1.165) is 0 Å². The molecule has 2 aliphatic carbocycles. The lowest BCUT2D eigenvalue weighted by atomic mass is 9.89. The molecule has 6 unspecified atom stereocenters. The Labute approximate surface area is 202 Å². The predicted molar refractivity (Wildman–Crippen MR) is 127 cm³/mol. The number of aliphatic carboxylic acids is 2. The summed E-state index contributed by atoms with van der Waals surface area (Å²) in [6, 6.07) is -1.23. The van der Waals surface area contributed by atoms with Gasteiger partial charge in [-0.3, -0.25) is 9.59 Å². The van der Waals surface area contributed by atoms with Crippen LogP contribution in [-0.4, -0.2) is 65.8 Å². The van der Waals surface area contributed by atoms with Crippen LogP contribution in [-0.2, 0) is 23.5 Å². The molecule has 0 aliphatic heterocycles. The maximum atomic E-state index is 13.5. The number of fused-ring (bicyclic) bond motifs is 1. The summed E-state index contributed by atoms with van der Waals surface area (Å²) < 4.78 is 11.7. The molecule has 0 saturated heterocycles. The lowest BCUT2D eigenvalue weighted by Crippen LogP contribution is -2.63. The SMILES string of the molecule is CC(O[Si](C)(C)C(C)(C)C)C(NC(=O)OC(C)(C)C)C(=O)NC1(C(=O)O)CCC2C(C(=O)O)C21. The van der Waals surface area contributed by atoms with Crippen molar-refractivity contribution in [3.05, 3.63) is 0 Å². The third-order valence-corrected chi connectivity index (χ3v) is 11.9. The molecule has 0 spiro atoms. The quantitative estimate of drug-likeness (QED) is 0.371. The van der Waals surface area contributed by atoms with E-state index in [2.05, 4.69) is 10.6 Å². The number of amides is 2. The van der Waals surface area contributed by atoms with Gasteiger partial charge in [-0.15, -0.1) is 0 Å². The highest BCUT2D eigenvalue weighted by Gasteiger charge is 2.72. The van der Waals surface area contributed by atoms with E-state index in [1.165, 1.54) is 0 Å². The van der Waals surface area contributed by atoms with Crippen molar-refractivity contribution in [2.75, 3.05) is 0 Å². The van der Waals surface area contributed by atoms with E-state index in [9.17, 15) is 29.4 Å². The average molecular weight is 501 g/mol. The number of ether oxygens (including phenoxy) is 1. The third-order valence-electron chi connectivity index (χ3n) is 7.33. The number of hydrogen-bond acceptors (Lipinski definition) is 6. The molecule has 2 aliphatic rings. The van der Waals surface area contributed by atoms with Gasteiger partial charge in [0.1, 0.15) is 17.2 Å². The highest BCUT2D eigenvalue weighted by Crippen LogP contribution is 2.62. The zero-order chi connectivity index (χ0) is 26.4. The number of hydrogen-bond donors (Lipinski definition) is 4. The first-order valence-electron chi connectivity index (χ1n) is 11.7. The molecule has 0 heterocycles. The average Bonchev–Trinajstić information content (AvgIpc) is 3.25. The summed E-state index contributed by atoms with van der Waals surface area (Å²) in [5.41, 5.74) is -2.51. The first-order valence-corrected chi connectivity index (χ1v) is 14.6. The maximum Gasteiger partial charge on any atom is 0.408 e. The number of carbonyl (C=O) groups excluding carboxylic acids is 2. The molecule has 2 rings (SSSR count). The zero-order valence-electron chi connectivity index (χ0n) is 21.6. The topological polar surface area (TPSA) is 151 Å². The Morgan fingerprint density at radius 1 is 1.06 bits per heavy atom. The van der Waals surface area contributed by atoms with Gasteiger partial charge in [-0.1, -0.05) is 20.8 Å². The Balaban J connectivity index is 2.32. The van der Waals surface area contributed by atoms with Gasteiger partial charge in [-0.05, 0) is 64.6 Å². The number of carboxylic acid groups (broad SMARTS) is 2. The molecule has 0 bridgehead atoms. The Hall–Kier alpha value is -2.14. The zero-order valence-corrected chi connectivity index (χ0v) is 22.6. The van der Waals surface area contributed by atoms with Crippen molar-refractivity contribution in [3.8, 4) is 0 Å². The predicted octanol–water partition coefficient (Wildman–Crippen LogP) is 2.97. The standard InChI is InChI=1S/C23H40N2O8Si/c1-12(33-34(8,9)22(5,6)7)16(24-20(31)32-21(2,3)4)17(26)25-23(19(29)30)11-10-13-14(15(13)23)18(27)28/h12-16H,10-11H2,1-9H3,(H,24,31)(H,25,26)(H,27,28)(H,29,30). The van der Waals surface area contributed by atoms with Crippen LogP contribution in [0.5, 0.6) is 0 Å². The lowest BCUT2D eigenvalue weighted by Gasteiger charge is -2.40. The second-order valence-electron chi connectivity index (χ2n) is 12.1. The first kappa shape index (κ1) is 28.1. The Morgan fingerprint density at radius 2 is 1.62 bits per heavy atom. The third kappa shape index (κ3) is 5.73. The molecule has 0 aromatic carbocycles. The van der Waals surface area contributed by atoms with Gasteiger partial charge in [0.15, 0.2) is 8.32 Å². The summed E-state index contributed by atoms with van der Waals surface area (Å²) in [5, 5.41) is 24.4. The van der Waals surface area contributed by atoms with Crippen molar-refractivity contribution < 1.29 is 38.6 Å². The van der Waals surface area contributed by atoms with Crippen LogP contribution in [0, 0.1) is 17.8 Å². The van der Waals surface area contributed by atoms with Gasteiger partial charge in [-0.2, -0.15) is 0 Å². The second kappa shape index (κ2) is 9.14. The normalized spacial score (nSPS) is 28.3. The molecule has 194 valence electrons. The van der Waals surface area contributed by atoms with Crippen LogP contribution in [0.25, 0.3) is 0 Å². The van der Waals surface area contributed by atoms with Gasteiger partial charge in [0.2, 0.25) is 5.91 Å². The lowest BCUT2D eigenvalue weighted by molar-refractivity contribution is -0.150. The minimum Gasteiger partial charge on any atom is -0.481 e. The molecular weight excluding hydrogens is 460 g/mol. The minimum absolute atomic E-state index is 0.129. The summed E-state index contributed by atoms with van der Waals surface area (Å²) in [6.07, 6.45) is -1.09. The molecule has 34 heavy (non-hydrogen) atoms. The number of carboxylic acids is 2. The van der Waals surface area contributed by atoms with Crippen LogP contribution in [0.2, 0.25) is 18.1 Å². The van der Waals surface area contributed by atoms with Crippen LogP contribution in [0.1, 0.15) is 61.3 Å². The molecule has 0 radical (unpaired) electrons. The highest BCUT2D eigenvalue weighted by atomic mass is 28.4. The van der Waals surface area contributed by atoms with E-state index in [0.29, 0.717) is 6.42 Å². The molecule has 2 fully saturated rings. The van der Waals surface area contributed by atoms with Crippen LogP contribution >= 0.6 is 0 Å². The van der Waals surface area contributed by atoms with Gasteiger partial charge < -0.3 is 30.0 Å². The van der Waals surface area contributed by atoms with Crippen molar-refractivity contribution in [1.29, 1.82) is 0 Å². The molecule has 0 aromatic rings. The minimum atomic E-state index is -2.36. The van der Waals surface area contributed by atoms with Gasteiger partial charge >= 0.3 is 18.0 Å². The number of carbonyl (C=O) groups is 4. The van der Waals surface area contributed by atoms with E-state index in [4.69, 9.17) is 9.16 Å². The van der Waals surface area contributed by atoms with Crippen LogP contribution in [0.3, 0.4) is 0 Å². The summed E-state index contributed by atoms with van der Waals surface area (Å²) in [5.74, 6) is -4.85. The molecule has 2 amide bonds. The fourth-order valence-electron chi connectivity index (χ4n) is 4.59. The van der Waals surface area contributed by atoms with Crippen molar-refractivity contribution in [1.82, 2.24) is 10.6 Å². The molecule has 0 aromatic heterocycles. The molecule has 2 saturated carbocycles. The number of alkyl carbamates (subject to hydrolysis) is 1. The Bertz CT molecular complexity index is 847. The maximum absolute atomic E-state index is 13.5. The number of rotatable bonds is 8. The van der Waals surface area contributed by atoms with Crippen LogP contribution in [0.15, 0.2) is 0 Å². The van der Waals surface area contributed by atoms with Gasteiger partial charge in [0, 0.05) is 5.92 Å². The highest BCUT2D eigenvalue weighted by molar-refractivity contribution is 6.74. The van der Waals surface area contributed by atoms with Crippen molar-refractivity contribution in [2.45, 2.75) is 103 Å². The van der Waals surface area contributed by atoms with Gasteiger partial charge in [0.05, 0.1) is 12.0 Å². The van der Waals surface area contributed by atoms with Crippen molar-refractivity contribution in [2.24, 2.45) is 17.8 Å². The Kier molecular flexibility index (Phi) is 7.55. The van der Waals surface area contributed by atoms with Gasteiger partial charge in [-0.25, -0.2) is 9.59 Å².